The molecule has 0 aromatic heterocycles. The van der Waals surface area contributed by atoms with E-state index >= 15 is 0 Å². The van der Waals surface area contributed by atoms with Gasteiger partial charge in [0, 0.05) is 54.3 Å². The Balaban J connectivity index is 1.25. The molecular weight excluding hydrogens is 560 g/mol. The van der Waals surface area contributed by atoms with Gasteiger partial charge in [0.25, 0.3) is 0 Å². The van der Waals surface area contributed by atoms with Gasteiger partial charge in [0.15, 0.2) is 0 Å². The van der Waals surface area contributed by atoms with E-state index < -0.39 is 0 Å². The number of ketones is 1. The molecule has 0 radical (unpaired) electrons. The molecule has 1 saturated carbocycles. The number of nitrogens with zero attached hydrogens (tertiary/aromatic N) is 1. The number of allylic oxidation sites excluding steroid dienone is 5. The van der Waals surface area contributed by atoms with Crippen molar-refractivity contribution in [2.45, 2.75) is 38.6 Å². The average molecular weight is 596 g/mol. The number of hydrogen-bond donors (Lipinski definition) is 2. The molecule has 40 heavy (non-hydrogen) atoms. The van der Waals surface area contributed by atoms with Crippen LogP contribution in [0.4, 0.5) is 0 Å². The maximum atomic E-state index is 12.8. The fourth-order valence-electron chi connectivity index (χ4n) is 5.42. The van der Waals surface area contributed by atoms with Crippen molar-refractivity contribution in [1.29, 1.82) is 0 Å². The molecule has 2 unspecified atom stereocenters. The molecule has 4 nitrogen and oxygen atoms in total. The topological polar surface area (TPSA) is 61.7 Å². The lowest BCUT2D eigenvalue weighted by Gasteiger charge is -2.14. The number of phenols is 1. The van der Waals surface area contributed by atoms with E-state index in [4.69, 9.17) is 0 Å². The van der Waals surface area contributed by atoms with Gasteiger partial charge in [-0.1, -0.05) is 78.9 Å². The average Bonchev–Trinajstić information content (AvgIpc) is 3.76. The number of rotatable bonds is 10. The maximum Gasteiger partial charge on any atom is 0.140 e. The van der Waals surface area contributed by atoms with E-state index in [1.165, 1.54) is 16.7 Å². The molecule has 2 atom stereocenters. The minimum atomic E-state index is 0.188. The normalized spacial score (nSPS) is 19.9. The molecule has 0 amide bonds. The summed E-state index contributed by atoms with van der Waals surface area (Å²) in [5, 5.41) is 14.1. The van der Waals surface area contributed by atoms with Gasteiger partial charge in [-0.05, 0) is 81.1 Å². The lowest BCUT2D eigenvalue weighted by Crippen LogP contribution is -2.14. The molecule has 0 spiro atoms. The van der Waals surface area contributed by atoms with Gasteiger partial charge in [-0.25, -0.2) is 0 Å². The largest absolute Gasteiger partial charge is 0.507 e. The number of para-hydroxylation sites is 1. The van der Waals surface area contributed by atoms with Crippen LogP contribution in [0.2, 0.25) is 0 Å². The number of aromatic hydroxyl groups is 1. The molecule has 2 N–H and O–H groups in total. The zero-order valence-corrected chi connectivity index (χ0v) is 24.4. The van der Waals surface area contributed by atoms with Crippen molar-refractivity contribution in [3.63, 3.8) is 0 Å². The summed E-state index contributed by atoms with van der Waals surface area (Å²) in [6.07, 6.45) is 10.1. The molecule has 0 bridgehead atoms. The Morgan fingerprint density at radius 2 is 1.77 bits per heavy atom. The third-order valence-electron chi connectivity index (χ3n) is 7.66. The van der Waals surface area contributed by atoms with Crippen molar-refractivity contribution in [1.82, 2.24) is 5.32 Å². The van der Waals surface area contributed by atoms with E-state index in [1.807, 2.05) is 54.7 Å². The van der Waals surface area contributed by atoms with Gasteiger partial charge in [-0.15, -0.1) is 0 Å². The summed E-state index contributed by atoms with van der Waals surface area (Å²) in [5.74, 6) is 1.28. The summed E-state index contributed by atoms with van der Waals surface area (Å²) in [4.78, 5) is 16.9. The first kappa shape index (κ1) is 27.9. The van der Waals surface area contributed by atoms with Gasteiger partial charge in [0.2, 0.25) is 0 Å². The molecule has 0 heterocycles. The van der Waals surface area contributed by atoms with Crippen LogP contribution in [0.25, 0.3) is 5.57 Å². The Hall–Kier alpha value is -3.70. The monoisotopic (exact) mass is 594 g/mol. The highest BCUT2D eigenvalue weighted by atomic mass is 79.9. The Morgan fingerprint density at radius 1 is 1.02 bits per heavy atom. The molecule has 2 aliphatic rings. The van der Waals surface area contributed by atoms with Crippen LogP contribution in [-0.4, -0.2) is 24.2 Å². The second kappa shape index (κ2) is 13.1. The molecule has 3 aromatic rings. The van der Waals surface area contributed by atoms with E-state index in [2.05, 4.69) is 62.7 Å². The van der Waals surface area contributed by atoms with Crippen molar-refractivity contribution in [3.05, 3.63) is 129 Å². The van der Waals surface area contributed by atoms with Gasteiger partial charge in [0.05, 0.1) is 0 Å². The third-order valence-corrected chi connectivity index (χ3v) is 8.43. The van der Waals surface area contributed by atoms with Crippen LogP contribution in [-0.2, 0) is 24.2 Å². The van der Waals surface area contributed by atoms with Crippen LogP contribution in [0.15, 0.2) is 112 Å². The van der Waals surface area contributed by atoms with E-state index in [1.54, 1.807) is 13.1 Å². The van der Waals surface area contributed by atoms with Gasteiger partial charge < -0.3 is 10.4 Å². The third kappa shape index (κ3) is 7.28. The summed E-state index contributed by atoms with van der Waals surface area (Å²) < 4.78 is 0.986. The van der Waals surface area contributed by atoms with Gasteiger partial charge >= 0.3 is 0 Å². The first-order chi connectivity index (χ1) is 19.5. The molecule has 1 fully saturated rings. The van der Waals surface area contributed by atoms with Crippen LogP contribution < -0.4 is 5.32 Å². The Morgan fingerprint density at radius 3 is 2.58 bits per heavy atom. The number of aliphatic imine (C=N–C) groups is 1. The van der Waals surface area contributed by atoms with Gasteiger partial charge in [0.1, 0.15) is 11.5 Å². The fourth-order valence-corrected chi connectivity index (χ4v) is 5.93. The number of benzene rings is 3. The summed E-state index contributed by atoms with van der Waals surface area (Å²) in [6, 6.07) is 26.2. The van der Waals surface area contributed by atoms with E-state index in [0.717, 1.165) is 52.6 Å². The number of nitrogens with one attached hydrogen (secondary N) is 1. The number of hydrogen-bond acceptors (Lipinski definition) is 4. The van der Waals surface area contributed by atoms with Crippen LogP contribution in [0.3, 0.4) is 0 Å². The molecule has 0 aliphatic heterocycles. The minimum Gasteiger partial charge on any atom is -0.507 e. The lowest BCUT2D eigenvalue weighted by molar-refractivity contribution is -0.119. The molecule has 3 aromatic carbocycles. The highest BCUT2D eigenvalue weighted by Gasteiger charge is 2.41. The second-order valence-corrected chi connectivity index (χ2v) is 11.5. The van der Waals surface area contributed by atoms with Crippen LogP contribution in [0, 0.1) is 11.8 Å². The first-order valence-corrected chi connectivity index (χ1v) is 14.7. The smallest absolute Gasteiger partial charge is 0.140 e. The van der Waals surface area contributed by atoms with E-state index in [9.17, 15) is 9.90 Å². The Labute approximate surface area is 245 Å². The molecule has 204 valence electrons. The molecule has 5 heteroatoms. The maximum absolute atomic E-state index is 12.8. The predicted octanol–water partition coefficient (Wildman–Crippen LogP) is 7.58. The van der Waals surface area contributed by atoms with Crippen LogP contribution in [0.1, 0.15) is 41.5 Å². The molecular formula is C35H35BrN2O2. The number of halogens is 1. The van der Waals surface area contributed by atoms with Gasteiger partial charge in [-0.2, -0.15) is 0 Å². The number of carbonyl (C=O) groups excluding carboxylic acids is 1. The summed E-state index contributed by atoms with van der Waals surface area (Å²) in [5.41, 5.74) is 7.73. The Kier molecular flexibility index (Phi) is 9.12. The van der Waals surface area contributed by atoms with Crippen LogP contribution >= 0.6 is 15.9 Å². The van der Waals surface area contributed by atoms with Crippen molar-refractivity contribution in [3.8, 4) is 5.75 Å². The number of carbonyl (C=O) groups is 1. The quantitative estimate of drug-likeness (QED) is 0.238. The summed E-state index contributed by atoms with van der Waals surface area (Å²) >= 11 is 3.69. The lowest BCUT2D eigenvalue weighted by atomic mass is 10.0. The van der Waals surface area contributed by atoms with Gasteiger partial charge in [-0.3, -0.25) is 9.79 Å². The molecule has 2 aliphatic carbocycles. The second-order valence-electron chi connectivity index (χ2n) is 10.7. The summed E-state index contributed by atoms with van der Waals surface area (Å²) in [6.45, 7) is 0.696. The predicted molar refractivity (Wildman–Crippen MR) is 168 cm³/mol. The minimum absolute atomic E-state index is 0.188. The fraction of sp³-hybridized carbons (Fsp3) is 0.257. The van der Waals surface area contributed by atoms with Crippen molar-refractivity contribution in [2.75, 3.05) is 7.05 Å². The van der Waals surface area contributed by atoms with Crippen LogP contribution in [0.5, 0.6) is 5.75 Å². The molecule has 0 saturated heterocycles. The number of phenolic OH excluding ortho intramolecular Hbond substituents is 1. The Bertz CT molecular complexity index is 1490. The zero-order valence-electron chi connectivity index (χ0n) is 22.8. The summed E-state index contributed by atoms with van der Waals surface area (Å²) in [7, 11) is 1.77. The van der Waals surface area contributed by atoms with Crippen molar-refractivity contribution >= 4 is 33.5 Å². The van der Waals surface area contributed by atoms with Crippen molar-refractivity contribution in [2.24, 2.45) is 16.8 Å². The molecule has 5 rings (SSSR count). The first-order valence-electron chi connectivity index (χ1n) is 13.9. The zero-order chi connectivity index (χ0) is 27.9. The highest BCUT2D eigenvalue weighted by molar-refractivity contribution is 9.12. The standard InChI is InChI=1S/C35H35BrN2O2/c1-37-23-33(36)28-15-14-27(31-12-5-6-13-34(31)39)19-30(20-28)38-22-26-11-7-10-25(16-26)17-29-21-32(29)35(40)18-24-8-3-2-4-9-24/h2-14,16,19,23,29,32,38-39H,15,17-18,20-22H2,1H3/b33-28+,37-23?. The SMILES string of the molecule is CN=C/C(Br)=C1/CC=C(c2ccccc2O)C=C(NCc2cccc(CC3CC3C(=O)Cc3ccccc3)c2)C1. The highest BCUT2D eigenvalue weighted by Crippen LogP contribution is 2.42. The van der Waals surface area contributed by atoms with E-state index in [0.29, 0.717) is 24.7 Å². The van der Waals surface area contributed by atoms with E-state index in [-0.39, 0.29) is 11.7 Å². The number of Topliss-reactive ketones (excluding diaryl/α,β-unsaturated/α-hetero) is 1. The van der Waals surface area contributed by atoms with Crippen molar-refractivity contribution < 1.29 is 9.90 Å².